The maximum Gasteiger partial charge on any atom is 0.254 e. The molecule has 2 amide bonds. The summed E-state index contributed by atoms with van der Waals surface area (Å²) in [6, 6.07) is 4.12. The Bertz CT molecular complexity index is 775. The number of halogens is 2. The van der Waals surface area contributed by atoms with Gasteiger partial charge in [0.1, 0.15) is 11.0 Å². The van der Waals surface area contributed by atoms with Crippen molar-refractivity contribution in [1.82, 2.24) is 15.1 Å². The number of benzene rings is 1. The minimum Gasteiger partial charge on any atom is -0.327 e. The van der Waals surface area contributed by atoms with E-state index in [9.17, 15) is 9.59 Å². The molecule has 1 fully saturated rings. The van der Waals surface area contributed by atoms with Crippen LogP contribution < -0.4 is 5.32 Å². The summed E-state index contributed by atoms with van der Waals surface area (Å²) in [6.07, 6.45) is 1.36. The van der Waals surface area contributed by atoms with Crippen LogP contribution in [0.2, 0.25) is 10.0 Å². The fourth-order valence-electron chi connectivity index (χ4n) is 2.66. The number of amides is 2. The number of aryl methyl sites for hydroxylation is 1. The molecule has 1 aliphatic heterocycles. The summed E-state index contributed by atoms with van der Waals surface area (Å²) in [7, 11) is 0. The van der Waals surface area contributed by atoms with E-state index in [1.165, 1.54) is 11.3 Å². The standard InChI is InChI=1S/C15H14Cl2N4O2S/c1-8-19-20-15(24-8)18-13(22)12-3-2-4-21(12)14(23)9-5-10(16)7-11(17)6-9/h5-7,12H,2-4H2,1H3,(H,18,20,22)/t12-/m1/s1. The number of hydrogen-bond donors (Lipinski definition) is 1. The van der Waals surface area contributed by atoms with E-state index in [-0.39, 0.29) is 11.8 Å². The zero-order valence-corrected chi connectivity index (χ0v) is 15.1. The van der Waals surface area contributed by atoms with E-state index in [2.05, 4.69) is 15.5 Å². The van der Waals surface area contributed by atoms with Crippen LogP contribution in [0.25, 0.3) is 0 Å². The number of aromatic nitrogens is 2. The van der Waals surface area contributed by atoms with Gasteiger partial charge < -0.3 is 4.90 Å². The first kappa shape index (κ1) is 17.1. The van der Waals surface area contributed by atoms with E-state index in [0.717, 1.165) is 11.4 Å². The fraction of sp³-hybridized carbons (Fsp3) is 0.333. The minimum atomic E-state index is -0.542. The third kappa shape index (κ3) is 3.68. The summed E-state index contributed by atoms with van der Waals surface area (Å²) in [4.78, 5) is 26.8. The van der Waals surface area contributed by atoms with E-state index >= 15 is 0 Å². The van der Waals surface area contributed by atoms with Gasteiger partial charge in [-0.2, -0.15) is 0 Å². The molecule has 1 saturated heterocycles. The lowest BCUT2D eigenvalue weighted by Gasteiger charge is -2.23. The van der Waals surface area contributed by atoms with Gasteiger partial charge in [-0.1, -0.05) is 34.5 Å². The van der Waals surface area contributed by atoms with Gasteiger partial charge in [0.15, 0.2) is 0 Å². The van der Waals surface area contributed by atoms with Crippen molar-refractivity contribution < 1.29 is 9.59 Å². The van der Waals surface area contributed by atoms with Crippen LogP contribution >= 0.6 is 34.5 Å². The number of anilines is 1. The summed E-state index contributed by atoms with van der Waals surface area (Å²) in [5.41, 5.74) is 0.374. The van der Waals surface area contributed by atoms with Gasteiger partial charge in [-0.15, -0.1) is 10.2 Å². The van der Waals surface area contributed by atoms with Crippen molar-refractivity contribution in [3.05, 3.63) is 38.8 Å². The van der Waals surface area contributed by atoms with Crippen LogP contribution in [0.4, 0.5) is 5.13 Å². The van der Waals surface area contributed by atoms with Crippen molar-refractivity contribution in [1.29, 1.82) is 0 Å². The second-order valence-electron chi connectivity index (χ2n) is 5.43. The Kier molecular flexibility index (Phi) is 5.03. The van der Waals surface area contributed by atoms with E-state index in [0.29, 0.717) is 33.7 Å². The second kappa shape index (κ2) is 7.04. The highest BCUT2D eigenvalue weighted by Crippen LogP contribution is 2.25. The number of rotatable bonds is 3. The van der Waals surface area contributed by atoms with Gasteiger partial charge >= 0.3 is 0 Å². The fourth-order valence-corrected chi connectivity index (χ4v) is 3.78. The van der Waals surface area contributed by atoms with Crippen LogP contribution in [0.15, 0.2) is 18.2 Å². The third-order valence-electron chi connectivity index (χ3n) is 3.68. The van der Waals surface area contributed by atoms with E-state index in [4.69, 9.17) is 23.2 Å². The summed E-state index contributed by atoms with van der Waals surface area (Å²) in [5.74, 6) is -0.518. The van der Waals surface area contributed by atoms with Crippen LogP contribution in [-0.2, 0) is 4.79 Å². The summed E-state index contributed by atoms with van der Waals surface area (Å²) in [5, 5.41) is 12.4. The smallest absolute Gasteiger partial charge is 0.254 e. The van der Waals surface area contributed by atoms with Crippen molar-refractivity contribution in [2.24, 2.45) is 0 Å². The lowest BCUT2D eigenvalue weighted by molar-refractivity contribution is -0.119. The molecule has 6 nitrogen and oxygen atoms in total. The normalized spacial score (nSPS) is 17.1. The number of hydrogen-bond acceptors (Lipinski definition) is 5. The molecule has 0 spiro atoms. The Morgan fingerprint density at radius 2 is 1.96 bits per heavy atom. The molecule has 3 rings (SSSR count). The summed E-state index contributed by atoms with van der Waals surface area (Å²) >= 11 is 13.2. The number of nitrogens with zero attached hydrogens (tertiary/aromatic N) is 3. The highest BCUT2D eigenvalue weighted by Gasteiger charge is 2.35. The van der Waals surface area contributed by atoms with Crippen molar-refractivity contribution in [3.8, 4) is 0 Å². The van der Waals surface area contributed by atoms with Crippen LogP contribution in [0, 0.1) is 6.92 Å². The number of nitrogens with one attached hydrogen (secondary N) is 1. The van der Waals surface area contributed by atoms with Crippen LogP contribution in [0.5, 0.6) is 0 Å². The van der Waals surface area contributed by atoms with E-state index < -0.39 is 6.04 Å². The Labute approximate surface area is 152 Å². The Morgan fingerprint density at radius 1 is 1.25 bits per heavy atom. The molecule has 1 N–H and O–H groups in total. The van der Waals surface area contributed by atoms with Crippen LogP contribution in [-0.4, -0.2) is 39.5 Å². The van der Waals surface area contributed by atoms with Crippen LogP contribution in [0.3, 0.4) is 0 Å². The number of carbonyl (C=O) groups is 2. The SMILES string of the molecule is Cc1nnc(NC(=O)[C@H]2CCCN2C(=O)c2cc(Cl)cc(Cl)c2)s1. The molecule has 2 aromatic rings. The highest BCUT2D eigenvalue weighted by molar-refractivity contribution is 7.15. The maximum absolute atomic E-state index is 12.7. The zero-order valence-electron chi connectivity index (χ0n) is 12.8. The molecule has 0 radical (unpaired) electrons. The van der Waals surface area contributed by atoms with Crippen molar-refractivity contribution in [2.45, 2.75) is 25.8 Å². The molecular formula is C15H14Cl2N4O2S. The van der Waals surface area contributed by atoms with Gasteiger partial charge in [0.25, 0.3) is 5.91 Å². The molecule has 2 heterocycles. The molecular weight excluding hydrogens is 371 g/mol. The average Bonchev–Trinajstić information content (AvgIpc) is 3.14. The van der Waals surface area contributed by atoms with E-state index in [1.807, 2.05) is 6.92 Å². The predicted molar refractivity (Wildman–Crippen MR) is 93.8 cm³/mol. The summed E-state index contributed by atoms with van der Waals surface area (Å²) < 4.78 is 0. The molecule has 24 heavy (non-hydrogen) atoms. The molecule has 1 atom stereocenters. The van der Waals surface area contributed by atoms with Crippen LogP contribution in [0.1, 0.15) is 28.2 Å². The molecule has 0 unspecified atom stereocenters. The topological polar surface area (TPSA) is 75.2 Å². The van der Waals surface area contributed by atoms with Gasteiger partial charge in [0.05, 0.1) is 0 Å². The lowest BCUT2D eigenvalue weighted by Crippen LogP contribution is -2.43. The lowest BCUT2D eigenvalue weighted by atomic mass is 10.1. The molecule has 0 aliphatic carbocycles. The molecule has 1 aromatic heterocycles. The molecule has 0 saturated carbocycles. The monoisotopic (exact) mass is 384 g/mol. The predicted octanol–water partition coefficient (Wildman–Crippen LogP) is 3.40. The Hall–Kier alpha value is -1.70. The third-order valence-corrected chi connectivity index (χ3v) is 4.87. The molecule has 9 heteroatoms. The molecule has 1 aliphatic rings. The number of likely N-dealkylation sites (tertiary alicyclic amines) is 1. The van der Waals surface area contributed by atoms with Gasteiger partial charge in [0.2, 0.25) is 11.0 Å². The molecule has 1 aromatic carbocycles. The van der Waals surface area contributed by atoms with Crippen molar-refractivity contribution in [2.75, 3.05) is 11.9 Å². The first-order valence-electron chi connectivity index (χ1n) is 7.32. The molecule has 126 valence electrons. The highest BCUT2D eigenvalue weighted by atomic mass is 35.5. The summed E-state index contributed by atoms with van der Waals surface area (Å²) in [6.45, 7) is 2.32. The van der Waals surface area contributed by atoms with Gasteiger partial charge in [-0.05, 0) is 38.0 Å². The number of carbonyl (C=O) groups excluding carboxylic acids is 2. The first-order valence-corrected chi connectivity index (χ1v) is 8.89. The van der Waals surface area contributed by atoms with Crippen molar-refractivity contribution in [3.63, 3.8) is 0 Å². The zero-order chi connectivity index (χ0) is 17.3. The van der Waals surface area contributed by atoms with Gasteiger partial charge in [-0.3, -0.25) is 14.9 Å². The molecule has 0 bridgehead atoms. The van der Waals surface area contributed by atoms with Gasteiger partial charge in [0, 0.05) is 22.2 Å². The Balaban J connectivity index is 1.77. The second-order valence-corrected chi connectivity index (χ2v) is 7.48. The Morgan fingerprint density at radius 3 is 2.58 bits per heavy atom. The quantitative estimate of drug-likeness (QED) is 0.879. The minimum absolute atomic E-state index is 0.259. The largest absolute Gasteiger partial charge is 0.327 e. The first-order chi connectivity index (χ1) is 11.4. The average molecular weight is 385 g/mol. The maximum atomic E-state index is 12.7. The van der Waals surface area contributed by atoms with Crippen molar-refractivity contribution >= 4 is 51.5 Å². The van der Waals surface area contributed by atoms with E-state index in [1.54, 1.807) is 23.1 Å². The van der Waals surface area contributed by atoms with Gasteiger partial charge in [-0.25, -0.2) is 0 Å².